The van der Waals surface area contributed by atoms with E-state index < -0.39 is 0 Å². The molecule has 3 nitrogen and oxygen atoms in total. The molecule has 52 heavy (non-hydrogen) atoms. The maximum absolute atomic E-state index is 6.39. The summed E-state index contributed by atoms with van der Waals surface area (Å²) in [7, 11) is 0. The van der Waals surface area contributed by atoms with Crippen molar-refractivity contribution in [1.82, 2.24) is 0 Å². The van der Waals surface area contributed by atoms with Crippen LogP contribution in [0.25, 0.3) is 53.2 Å². The molecular formula is C48H32N2OS. The SMILES string of the molecule is c1ccc(-c2ccc(N(c3ccc4c(c3)oc3ccccc34)c3ccc4sc5c(N(c6ccccc6)c6ccccc6)cccc5c4c3)cc2)cc1. The zero-order valence-corrected chi connectivity index (χ0v) is 29.0. The Morgan fingerprint density at radius 2 is 0.904 bits per heavy atom. The lowest BCUT2D eigenvalue weighted by Gasteiger charge is -2.26. The molecule has 0 saturated carbocycles. The zero-order valence-electron chi connectivity index (χ0n) is 28.2. The number of nitrogens with zero attached hydrogens (tertiary/aromatic N) is 2. The highest BCUT2D eigenvalue weighted by Crippen LogP contribution is 2.47. The largest absolute Gasteiger partial charge is 0.456 e. The molecule has 0 radical (unpaired) electrons. The molecule has 0 N–H and O–H groups in total. The van der Waals surface area contributed by atoms with E-state index in [0.717, 1.165) is 50.4 Å². The Labute approximate surface area is 305 Å². The third kappa shape index (κ3) is 5.20. The van der Waals surface area contributed by atoms with Gasteiger partial charge >= 0.3 is 0 Å². The predicted molar refractivity (Wildman–Crippen MR) is 221 cm³/mol. The van der Waals surface area contributed by atoms with Crippen LogP contribution in [0.4, 0.5) is 34.1 Å². The third-order valence-corrected chi connectivity index (χ3v) is 11.0. The average Bonchev–Trinajstić information content (AvgIpc) is 3.78. The van der Waals surface area contributed by atoms with Gasteiger partial charge in [0.1, 0.15) is 11.2 Å². The number of rotatable bonds is 7. The number of benzene rings is 8. The van der Waals surface area contributed by atoms with Gasteiger partial charge in [-0.1, -0.05) is 109 Å². The van der Waals surface area contributed by atoms with Gasteiger partial charge in [-0.2, -0.15) is 0 Å². The highest BCUT2D eigenvalue weighted by atomic mass is 32.1. The van der Waals surface area contributed by atoms with E-state index in [2.05, 4.69) is 192 Å². The highest BCUT2D eigenvalue weighted by molar-refractivity contribution is 7.26. The first kappa shape index (κ1) is 30.2. The van der Waals surface area contributed by atoms with E-state index in [1.54, 1.807) is 0 Å². The molecule has 0 fully saturated rings. The van der Waals surface area contributed by atoms with Gasteiger partial charge in [0.15, 0.2) is 0 Å². The maximum Gasteiger partial charge on any atom is 0.137 e. The van der Waals surface area contributed by atoms with Crippen molar-refractivity contribution >= 4 is 87.6 Å². The topological polar surface area (TPSA) is 19.6 Å². The third-order valence-electron chi connectivity index (χ3n) is 9.84. The number of hydrogen-bond acceptors (Lipinski definition) is 4. The second kappa shape index (κ2) is 12.6. The lowest BCUT2D eigenvalue weighted by Crippen LogP contribution is -2.10. The second-order valence-electron chi connectivity index (χ2n) is 13.0. The summed E-state index contributed by atoms with van der Waals surface area (Å²) in [6.07, 6.45) is 0. The molecule has 0 spiro atoms. The molecule has 0 atom stereocenters. The Hall–Kier alpha value is -6.62. The van der Waals surface area contributed by atoms with Gasteiger partial charge in [0.05, 0.1) is 10.4 Å². The fraction of sp³-hybridized carbons (Fsp3) is 0. The number of fused-ring (bicyclic) bond motifs is 6. The molecule has 10 aromatic rings. The van der Waals surface area contributed by atoms with Gasteiger partial charge in [-0.25, -0.2) is 0 Å². The molecule has 10 rings (SSSR count). The van der Waals surface area contributed by atoms with Crippen LogP contribution in [0.5, 0.6) is 0 Å². The van der Waals surface area contributed by atoms with Gasteiger partial charge in [0, 0.05) is 60.7 Å². The van der Waals surface area contributed by atoms with E-state index in [9.17, 15) is 0 Å². The van der Waals surface area contributed by atoms with Crippen LogP contribution in [0, 0.1) is 0 Å². The molecule has 0 aliphatic carbocycles. The monoisotopic (exact) mass is 684 g/mol. The Balaban J connectivity index is 1.14. The summed E-state index contributed by atoms with van der Waals surface area (Å²) >= 11 is 1.85. The molecule has 2 aromatic heterocycles. The van der Waals surface area contributed by atoms with Crippen LogP contribution >= 0.6 is 11.3 Å². The molecule has 0 bridgehead atoms. The fourth-order valence-electron chi connectivity index (χ4n) is 7.40. The summed E-state index contributed by atoms with van der Waals surface area (Å²) in [4.78, 5) is 4.70. The first-order chi connectivity index (χ1) is 25.8. The highest BCUT2D eigenvalue weighted by Gasteiger charge is 2.20. The Morgan fingerprint density at radius 1 is 0.346 bits per heavy atom. The van der Waals surface area contributed by atoms with E-state index >= 15 is 0 Å². The lowest BCUT2D eigenvalue weighted by atomic mass is 10.0. The minimum atomic E-state index is 0.873. The number of furan rings is 1. The minimum Gasteiger partial charge on any atom is -0.456 e. The Bertz CT molecular complexity index is 2800. The summed E-state index contributed by atoms with van der Waals surface area (Å²) in [6, 6.07) is 69.1. The van der Waals surface area contributed by atoms with E-state index in [1.165, 1.54) is 37.0 Å². The average molecular weight is 685 g/mol. The van der Waals surface area contributed by atoms with Gasteiger partial charge in [0.25, 0.3) is 0 Å². The van der Waals surface area contributed by atoms with Crippen LogP contribution in [0.1, 0.15) is 0 Å². The van der Waals surface area contributed by atoms with Crippen molar-refractivity contribution in [2.24, 2.45) is 0 Å². The van der Waals surface area contributed by atoms with Crippen molar-refractivity contribution < 1.29 is 4.42 Å². The Morgan fingerprint density at radius 3 is 1.65 bits per heavy atom. The lowest BCUT2D eigenvalue weighted by molar-refractivity contribution is 0.669. The van der Waals surface area contributed by atoms with Crippen molar-refractivity contribution in [1.29, 1.82) is 0 Å². The molecule has 8 aromatic carbocycles. The van der Waals surface area contributed by atoms with Gasteiger partial charge in [-0.3, -0.25) is 0 Å². The molecule has 246 valence electrons. The number of thiophene rings is 1. The van der Waals surface area contributed by atoms with Crippen LogP contribution in [-0.4, -0.2) is 0 Å². The predicted octanol–water partition coefficient (Wildman–Crippen LogP) is 14.6. The molecule has 0 aliphatic heterocycles. The summed E-state index contributed by atoms with van der Waals surface area (Å²) in [5.74, 6) is 0. The van der Waals surface area contributed by atoms with Crippen molar-refractivity contribution in [2.45, 2.75) is 0 Å². The van der Waals surface area contributed by atoms with Crippen LogP contribution in [0.15, 0.2) is 199 Å². The number of para-hydroxylation sites is 3. The van der Waals surface area contributed by atoms with Crippen molar-refractivity contribution in [3.05, 3.63) is 194 Å². The maximum atomic E-state index is 6.39. The standard InChI is InChI=1S/C48H32N2OS/c1-4-13-33(14-5-1)34-23-25-37(26-24-34)49(39-27-29-41-40-19-10-11-22-45(40)51-46(41)32-39)38-28-30-47-43(31-38)42-20-12-21-44(48(42)52-47)50(35-15-6-2-7-16-35)36-17-8-3-9-18-36/h1-32H. The first-order valence-corrected chi connectivity index (χ1v) is 18.3. The molecule has 0 aliphatic rings. The van der Waals surface area contributed by atoms with Crippen molar-refractivity contribution in [2.75, 3.05) is 9.80 Å². The summed E-state index contributed by atoms with van der Waals surface area (Å²) in [6.45, 7) is 0. The molecule has 4 heteroatoms. The number of anilines is 6. The normalized spacial score (nSPS) is 11.5. The fourth-order valence-corrected chi connectivity index (χ4v) is 8.59. The van der Waals surface area contributed by atoms with Crippen LogP contribution in [0.2, 0.25) is 0 Å². The molecule has 0 amide bonds. The molecule has 0 unspecified atom stereocenters. The van der Waals surface area contributed by atoms with Gasteiger partial charge in [-0.05, 0) is 90.0 Å². The smallest absolute Gasteiger partial charge is 0.137 e. The van der Waals surface area contributed by atoms with E-state index in [4.69, 9.17) is 4.42 Å². The summed E-state index contributed by atoms with van der Waals surface area (Å²) in [5, 5.41) is 4.72. The van der Waals surface area contributed by atoms with Crippen LogP contribution < -0.4 is 9.80 Å². The van der Waals surface area contributed by atoms with Crippen LogP contribution in [-0.2, 0) is 0 Å². The van der Waals surface area contributed by atoms with E-state index in [-0.39, 0.29) is 0 Å². The summed E-state index contributed by atoms with van der Waals surface area (Å²) < 4.78 is 8.89. The second-order valence-corrected chi connectivity index (χ2v) is 14.0. The Kier molecular flexibility index (Phi) is 7.33. The van der Waals surface area contributed by atoms with E-state index in [0.29, 0.717) is 0 Å². The molecular weight excluding hydrogens is 653 g/mol. The zero-order chi connectivity index (χ0) is 34.4. The van der Waals surface area contributed by atoms with Gasteiger partial charge in [0.2, 0.25) is 0 Å². The molecule has 2 heterocycles. The van der Waals surface area contributed by atoms with Gasteiger partial charge < -0.3 is 14.2 Å². The van der Waals surface area contributed by atoms with Crippen molar-refractivity contribution in [3.8, 4) is 11.1 Å². The van der Waals surface area contributed by atoms with E-state index in [1.807, 2.05) is 23.5 Å². The first-order valence-electron chi connectivity index (χ1n) is 17.5. The van der Waals surface area contributed by atoms with Crippen molar-refractivity contribution in [3.63, 3.8) is 0 Å². The molecule has 0 saturated heterocycles. The quantitative estimate of drug-likeness (QED) is 0.167. The van der Waals surface area contributed by atoms with Crippen LogP contribution in [0.3, 0.4) is 0 Å². The summed E-state index contributed by atoms with van der Waals surface area (Å²) in [5.41, 5.74) is 10.8. The van der Waals surface area contributed by atoms with Gasteiger partial charge in [-0.15, -0.1) is 11.3 Å². The number of hydrogen-bond donors (Lipinski definition) is 0. The minimum absolute atomic E-state index is 0.873.